The molecule has 1 aromatic carbocycles. The maximum absolute atomic E-state index is 11.8. The molecule has 0 fully saturated rings. The lowest BCUT2D eigenvalue weighted by molar-refractivity contribution is 0.238. The minimum atomic E-state index is -0.138. The summed E-state index contributed by atoms with van der Waals surface area (Å²) >= 11 is 3.39. The highest BCUT2D eigenvalue weighted by Gasteiger charge is 2.11. The van der Waals surface area contributed by atoms with Gasteiger partial charge in [-0.25, -0.2) is 9.78 Å². The van der Waals surface area contributed by atoms with E-state index < -0.39 is 0 Å². The van der Waals surface area contributed by atoms with Gasteiger partial charge in [-0.05, 0) is 26.3 Å². The van der Waals surface area contributed by atoms with Crippen molar-refractivity contribution in [2.24, 2.45) is 0 Å². The van der Waals surface area contributed by atoms with Gasteiger partial charge in [-0.15, -0.1) is 11.3 Å². The summed E-state index contributed by atoms with van der Waals surface area (Å²) in [6.45, 7) is 6.65. The molecule has 0 aliphatic rings. The van der Waals surface area contributed by atoms with Crippen molar-refractivity contribution < 1.29 is 4.79 Å². The summed E-state index contributed by atoms with van der Waals surface area (Å²) in [4.78, 5) is 16.2. The number of carbonyl (C=O) groups is 1. The Morgan fingerprint density at radius 3 is 2.70 bits per heavy atom. The highest BCUT2D eigenvalue weighted by atomic mass is 32.2. The summed E-state index contributed by atoms with van der Waals surface area (Å²) in [6, 6.07) is 8.36. The van der Waals surface area contributed by atoms with Crippen molar-refractivity contribution in [1.82, 2.24) is 15.6 Å². The van der Waals surface area contributed by atoms with E-state index in [0.29, 0.717) is 6.54 Å². The molecule has 0 aliphatic carbocycles. The first-order chi connectivity index (χ1) is 11.0. The summed E-state index contributed by atoms with van der Waals surface area (Å²) in [5.41, 5.74) is 3.59. The number of aromatic nitrogens is 1. The van der Waals surface area contributed by atoms with E-state index in [9.17, 15) is 4.79 Å². The first-order valence-corrected chi connectivity index (χ1v) is 9.67. The average Bonchev–Trinajstić information content (AvgIpc) is 2.95. The van der Waals surface area contributed by atoms with Crippen LogP contribution in [0.15, 0.2) is 29.6 Å². The maximum atomic E-state index is 11.8. The van der Waals surface area contributed by atoms with Crippen molar-refractivity contribution in [3.63, 3.8) is 0 Å². The third kappa shape index (κ3) is 6.23. The molecule has 6 heteroatoms. The predicted molar refractivity (Wildman–Crippen MR) is 99.1 cm³/mol. The second kappa shape index (κ2) is 8.93. The minimum absolute atomic E-state index is 0.0612. The first-order valence-electron chi connectivity index (χ1n) is 7.64. The number of thioether (sulfide) groups is 1. The van der Waals surface area contributed by atoms with E-state index in [1.165, 1.54) is 11.1 Å². The molecule has 2 amide bonds. The number of aryl methyl sites for hydroxylation is 2. The molecule has 0 aliphatic heterocycles. The van der Waals surface area contributed by atoms with Crippen LogP contribution in [0.1, 0.15) is 34.8 Å². The Bertz CT molecular complexity index is 625. The largest absolute Gasteiger partial charge is 0.337 e. The second-order valence-corrected chi connectivity index (χ2v) is 7.48. The molecule has 1 heterocycles. The van der Waals surface area contributed by atoms with Crippen LogP contribution in [0.25, 0.3) is 0 Å². The normalized spacial score (nSPS) is 12.0. The smallest absolute Gasteiger partial charge is 0.315 e. The van der Waals surface area contributed by atoms with E-state index in [1.54, 1.807) is 11.3 Å². The van der Waals surface area contributed by atoms with E-state index in [-0.39, 0.29) is 12.1 Å². The number of carbonyl (C=O) groups excluding carboxylic acids is 1. The van der Waals surface area contributed by atoms with Crippen LogP contribution in [-0.2, 0) is 5.75 Å². The van der Waals surface area contributed by atoms with Crippen molar-refractivity contribution in [3.8, 4) is 0 Å². The van der Waals surface area contributed by atoms with Crippen LogP contribution in [0, 0.1) is 13.8 Å². The van der Waals surface area contributed by atoms with Gasteiger partial charge in [-0.1, -0.05) is 29.8 Å². The van der Waals surface area contributed by atoms with Crippen molar-refractivity contribution in [1.29, 1.82) is 0 Å². The average molecular weight is 350 g/mol. The van der Waals surface area contributed by atoms with Crippen LogP contribution in [0.4, 0.5) is 4.79 Å². The summed E-state index contributed by atoms with van der Waals surface area (Å²) < 4.78 is 0. The molecular formula is C17H23N3OS2. The van der Waals surface area contributed by atoms with E-state index in [0.717, 1.165) is 22.2 Å². The Morgan fingerprint density at radius 2 is 2.04 bits per heavy atom. The number of hydrogen-bond acceptors (Lipinski definition) is 4. The highest BCUT2D eigenvalue weighted by molar-refractivity contribution is 7.98. The van der Waals surface area contributed by atoms with Crippen molar-refractivity contribution in [2.45, 2.75) is 32.6 Å². The molecule has 2 rings (SSSR count). The number of benzene rings is 1. The number of thiazole rings is 1. The standard InChI is InChI=1S/C17H23N3OS2/c1-12-4-6-15(7-5-12)11-22-9-8-18-17(21)20-14(3)16-19-13(2)10-23-16/h4-7,10,14H,8-9,11H2,1-3H3,(H2,18,20,21). The fourth-order valence-corrected chi connectivity index (χ4v) is 3.61. The van der Waals surface area contributed by atoms with E-state index in [2.05, 4.69) is 46.8 Å². The third-order valence-corrected chi connectivity index (χ3v) is 5.45. The van der Waals surface area contributed by atoms with Crippen LogP contribution in [0.3, 0.4) is 0 Å². The molecule has 0 saturated heterocycles. The van der Waals surface area contributed by atoms with Crippen molar-refractivity contribution in [2.75, 3.05) is 12.3 Å². The molecular weight excluding hydrogens is 326 g/mol. The number of urea groups is 1. The number of amides is 2. The molecule has 0 bridgehead atoms. The van der Waals surface area contributed by atoms with E-state index in [1.807, 2.05) is 31.0 Å². The summed E-state index contributed by atoms with van der Waals surface area (Å²) in [6.07, 6.45) is 0. The third-order valence-electron chi connectivity index (χ3n) is 3.28. The van der Waals surface area contributed by atoms with Crippen LogP contribution >= 0.6 is 23.1 Å². The SMILES string of the molecule is Cc1ccc(CSCCNC(=O)NC(C)c2nc(C)cs2)cc1. The molecule has 4 nitrogen and oxygen atoms in total. The zero-order valence-corrected chi connectivity index (χ0v) is 15.4. The van der Waals surface area contributed by atoms with Gasteiger partial charge in [0.25, 0.3) is 0 Å². The molecule has 1 atom stereocenters. The Hall–Kier alpha value is -1.53. The first kappa shape index (κ1) is 17.8. The predicted octanol–water partition coefficient (Wildman–Crippen LogP) is 4.05. The molecule has 124 valence electrons. The Labute approximate surface area is 146 Å². The number of rotatable bonds is 7. The number of nitrogens with zero attached hydrogens (tertiary/aromatic N) is 1. The van der Waals surface area contributed by atoms with Crippen molar-refractivity contribution in [3.05, 3.63) is 51.5 Å². The quantitative estimate of drug-likeness (QED) is 0.741. The number of hydrogen-bond donors (Lipinski definition) is 2. The fraction of sp³-hybridized carbons (Fsp3) is 0.412. The van der Waals surface area contributed by atoms with Crippen LogP contribution in [0.2, 0.25) is 0 Å². The van der Waals surface area contributed by atoms with Gasteiger partial charge >= 0.3 is 6.03 Å². The molecule has 1 unspecified atom stereocenters. The van der Waals surface area contributed by atoms with Gasteiger partial charge in [0.2, 0.25) is 0 Å². The van der Waals surface area contributed by atoms with Crippen molar-refractivity contribution >= 4 is 29.1 Å². The Morgan fingerprint density at radius 1 is 1.30 bits per heavy atom. The van der Waals surface area contributed by atoms with E-state index in [4.69, 9.17) is 0 Å². The molecule has 0 saturated carbocycles. The van der Waals surface area contributed by atoms with E-state index >= 15 is 0 Å². The monoisotopic (exact) mass is 349 g/mol. The minimum Gasteiger partial charge on any atom is -0.337 e. The molecule has 1 aromatic heterocycles. The zero-order chi connectivity index (χ0) is 16.7. The van der Waals surface area contributed by atoms with Gasteiger partial charge in [-0.3, -0.25) is 0 Å². The number of nitrogens with one attached hydrogen (secondary N) is 2. The van der Waals surface area contributed by atoms with Crippen LogP contribution in [-0.4, -0.2) is 23.3 Å². The molecule has 2 aromatic rings. The van der Waals surface area contributed by atoms with Crippen LogP contribution in [0.5, 0.6) is 0 Å². The molecule has 23 heavy (non-hydrogen) atoms. The lowest BCUT2D eigenvalue weighted by atomic mass is 10.2. The summed E-state index contributed by atoms with van der Waals surface area (Å²) in [7, 11) is 0. The second-order valence-electron chi connectivity index (χ2n) is 5.49. The van der Waals surface area contributed by atoms with Gasteiger partial charge in [-0.2, -0.15) is 11.8 Å². The topological polar surface area (TPSA) is 54.0 Å². The Kier molecular flexibility index (Phi) is 6.92. The molecule has 0 spiro atoms. The van der Waals surface area contributed by atoms with Gasteiger partial charge < -0.3 is 10.6 Å². The fourth-order valence-electron chi connectivity index (χ4n) is 1.99. The van der Waals surface area contributed by atoms with Gasteiger partial charge in [0.15, 0.2) is 0 Å². The summed E-state index contributed by atoms with van der Waals surface area (Å²) in [5.74, 6) is 1.87. The maximum Gasteiger partial charge on any atom is 0.315 e. The lowest BCUT2D eigenvalue weighted by Gasteiger charge is -2.12. The molecule has 2 N–H and O–H groups in total. The summed E-state index contributed by atoms with van der Waals surface area (Å²) in [5, 5.41) is 8.73. The Balaban J connectivity index is 1.60. The van der Waals surface area contributed by atoms with Gasteiger partial charge in [0, 0.05) is 29.1 Å². The zero-order valence-electron chi connectivity index (χ0n) is 13.8. The van der Waals surface area contributed by atoms with Gasteiger partial charge in [0.1, 0.15) is 5.01 Å². The van der Waals surface area contributed by atoms with Crippen LogP contribution < -0.4 is 10.6 Å². The highest BCUT2D eigenvalue weighted by Crippen LogP contribution is 2.17. The van der Waals surface area contributed by atoms with Gasteiger partial charge in [0.05, 0.1) is 6.04 Å². The molecule has 0 radical (unpaired) electrons. The lowest BCUT2D eigenvalue weighted by Crippen LogP contribution is -2.38.